The zero-order valence-corrected chi connectivity index (χ0v) is 14.2. The summed E-state index contributed by atoms with van der Waals surface area (Å²) < 4.78 is 0. The van der Waals surface area contributed by atoms with Crippen LogP contribution in [0.2, 0.25) is 5.02 Å². The van der Waals surface area contributed by atoms with Gasteiger partial charge in [-0.3, -0.25) is 9.78 Å². The molecule has 0 saturated carbocycles. The number of benzene rings is 1. The number of nitrogens with one attached hydrogen (secondary N) is 1. The van der Waals surface area contributed by atoms with Crippen molar-refractivity contribution in [2.45, 2.75) is 19.3 Å². The average molecular weight is 345 g/mol. The van der Waals surface area contributed by atoms with Crippen molar-refractivity contribution in [3.63, 3.8) is 0 Å². The number of nitrogens with zero attached hydrogens (tertiary/aromatic N) is 3. The van der Waals surface area contributed by atoms with E-state index in [2.05, 4.69) is 20.2 Å². The first kappa shape index (κ1) is 16.7. The van der Waals surface area contributed by atoms with E-state index in [1.165, 1.54) is 5.56 Å². The van der Waals surface area contributed by atoms with Crippen LogP contribution in [0.25, 0.3) is 0 Å². The van der Waals surface area contributed by atoms with Gasteiger partial charge < -0.3 is 10.2 Å². The van der Waals surface area contributed by atoms with Gasteiger partial charge in [0.15, 0.2) is 0 Å². The molecule has 1 saturated heterocycles. The number of piperidine rings is 1. The number of aromatic nitrogens is 2. The number of rotatable bonds is 5. The molecule has 1 atom stereocenters. The number of halogens is 1. The van der Waals surface area contributed by atoms with Crippen LogP contribution in [0, 0.1) is 5.92 Å². The van der Waals surface area contributed by atoms with E-state index in [0.717, 1.165) is 36.6 Å². The Balaban J connectivity index is 1.48. The van der Waals surface area contributed by atoms with Gasteiger partial charge >= 0.3 is 0 Å². The number of hydrogen-bond donors (Lipinski definition) is 1. The Morgan fingerprint density at radius 1 is 1.29 bits per heavy atom. The van der Waals surface area contributed by atoms with Crippen LogP contribution in [0.3, 0.4) is 0 Å². The normalized spacial score (nSPS) is 17.5. The van der Waals surface area contributed by atoms with Crippen molar-refractivity contribution >= 4 is 23.3 Å². The van der Waals surface area contributed by atoms with Crippen LogP contribution in [-0.2, 0) is 11.2 Å². The molecule has 2 aromatic rings. The maximum atomic E-state index is 12.4. The van der Waals surface area contributed by atoms with E-state index in [1.54, 1.807) is 18.6 Å². The van der Waals surface area contributed by atoms with E-state index >= 15 is 0 Å². The minimum atomic E-state index is 0.00553. The van der Waals surface area contributed by atoms with Crippen molar-refractivity contribution in [3.05, 3.63) is 53.4 Å². The van der Waals surface area contributed by atoms with E-state index in [4.69, 9.17) is 11.6 Å². The van der Waals surface area contributed by atoms with Crippen LogP contribution in [0.4, 0.5) is 5.82 Å². The molecule has 2 heterocycles. The first-order valence-electron chi connectivity index (χ1n) is 8.25. The molecule has 0 spiro atoms. The van der Waals surface area contributed by atoms with Crippen LogP contribution in [0.1, 0.15) is 18.4 Å². The molecule has 1 aromatic carbocycles. The minimum absolute atomic E-state index is 0.00553. The van der Waals surface area contributed by atoms with Crippen molar-refractivity contribution in [2.75, 3.05) is 24.5 Å². The van der Waals surface area contributed by atoms with Gasteiger partial charge in [0.1, 0.15) is 5.82 Å². The summed E-state index contributed by atoms with van der Waals surface area (Å²) in [6, 6.07) is 7.73. The molecular weight excluding hydrogens is 324 g/mol. The average Bonchev–Trinajstić information content (AvgIpc) is 2.64. The van der Waals surface area contributed by atoms with E-state index in [0.29, 0.717) is 13.1 Å². The number of amides is 1. The lowest BCUT2D eigenvalue weighted by atomic mass is 9.97. The third-order valence-electron chi connectivity index (χ3n) is 4.29. The molecule has 0 aliphatic carbocycles. The topological polar surface area (TPSA) is 58.1 Å². The number of hydrogen-bond acceptors (Lipinski definition) is 4. The second kappa shape index (κ2) is 8.11. The second-order valence-electron chi connectivity index (χ2n) is 6.02. The van der Waals surface area contributed by atoms with E-state index in [9.17, 15) is 4.79 Å². The molecule has 1 N–H and O–H groups in total. The Bertz CT molecular complexity index is 662. The fourth-order valence-corrected chi connectivity index (χ4v) is 3.11. The highest BCUT2D eigenvalue weighted by Gasteiger charge is 2.26. The lowest BCUT2D eigenvalue weighted by molar-refractivity contribution is -0.125. The summed E-state index contributed by atoms with van der Waals surface area (Å²) in [6.07, 6.45) is 7.82. The van der Waals surface area contributed by atoms with Crippen molar-refractivity contribution in [1.82, 2.24) is 15.3 Å². The van der Waals surface area contributed by atoms with Gasteiger partial charge in [-0.25, -0.2) is 4.98 Å². The highest BCUT2D eigenvalue weighted by Crippen LogP contribution is 2.21. The van der Waals surface area contributed by atoms with Crippen LogP contribution < -0.4 is 10.2 Å². The molecule has 1 aliphatic heterocycles. The number of carbonyl (C=O) groups is 1. The SMILES string of the molecule is O=C(NCCc1ccc(Cl)cc1)[C@H]1CCCN(c2cnccn2)C1. The molecular formula is C18H21ClN4O. The van der Waals surface area contributed by atoms with Crippen molar-refractivity contribution in [2.24, 2.45) is 5.92 Å². The van der Waals surface area contributed by atoms with Crippen LogP contribution >= 0.6 is 11.6 Å². The highest BCUT2D eigenvalue weighted by atomic mass is 35.5. The second-order valence-corrected chi connectivity index (χ2v) is 6.45. The first-order valence-corrected chi connectivity index (χ1v) is 8.63. The van der Waals surface area contributed by atoms with Gasteiger partial charge in [-0.1, -0.05) is 23.7 Å². The molecule has 24 heavy (non-hydrogen) atoms. The minimum Gasteiger partial charge on any atom is -0.355 e. The third-order valence-corrected chi connectivity index (χ3v) is 4.54. The summed E-state index contributed by atoms with van der Waals surface area (Å²) >= 11 is 5.88. The summed E-state index contributed by atoms with van der Waals surface area (Å²) in [6.45, 7) is 2.26. The third kappa shape index (κ3) is 4.45. The zero-order valence-electron chi connectivity index (χ0n) is 13.5. The fraction of sp³-hybridized carbons (Fsp3) is 0.389. The maximum Gasteiger partial charge on any atom is 0.224 e. The van der Waals surface area contributed by atoms with Crippen molar-refractivity contribution < 1.29 is 4.79 Å². The highest BCUT2D eigenvalue weighted by molar-refractivity contribution is 6.30. The van der Waals surface area contributed by atoms with Gasteiger partial charge in [-0.15, -0.1) is 0 Å². The zero-order chi connectivity index (χ0) is 16.8. The van der Waals surface area contributed by atoms with Crippen molar-refractivity contribution in [1.29, 1.82) is 0 Å². The Labute approximate surface area is 147 Å². The molecule has 1 fully saturated rings. The molecule has 1 aromatic heterocycles. The Morgan fingerprint density at radius 2 is 2.12 bits per heavy atom. The molecule has 1 amide bonds. The number of anilines is 1. The lowest BCUT2D eigenvalue weighted by Crippen LogP contribution is -2.43. The smallest absolute Gasteiger partial charge is 0.224 e. The molecule has 3 rings (SSSR count). The monoisotopic (exact) mass is 344 g/mol. The molecule has 0 unspecified atom stereocenters. The van der Waals surface area contributed by atoms with Crippen LogP contribution in [-0.4, -0.2) is 35.5 Å². The van der Waals surface area contributed by atoms with Gasteiger partial charge in [0.25, 0.3) is 0 Å². The Morgan fingerprint density at radius 3 is 2.88 bits per heavy atom. The standard InChI is InChI=1S/C18H21ClN4O/c19-16-5-3-14(4-6-16)7-8-22-18(24)15-2-1-11-23(13-15)17-12-20-9-10-21-17/h3-6,9-10,12,15H,1-2,7-8,11,13H2,(H,22,24)/t15-/m0/s1. The Kier molecular flexibility index (Phi) is 5.64. The van der Waals surface area contributed by atoms with Crippen LogP contribution in [0.15, 0.2) is 42.9 Å². The summed E-state index contributed by atoms with van der Waals surface area (Å²) in [5.41, 5.74) is 1.17. The van der Waals surface area contributed by atoms with Crippen LogP contribution in [0.5, 0.6) is 0 Å². The van der Waals surface area contributed by atoms with E-state index in [1.807, 2.05) is 24.3 Å². The Hall–Kier alpha value is -2.14. The number of carbonyl (C=O) groups excluding carboxylic acids is 1. The molecule has 0 radical (unpaired) electrons. The molecule has 6 heteroatoms. The van der Waals surface area contributed by atoms with Gasteiger partial charge in [0, 0.05) is 37.1 Å². The van der Waals surface area contributed by atoms with E-state index in [-0.39, 0.29) is 11.8 Å². The maximum absolute atomic E-state index is 12.4. The summed E-state index contributed by atoms with van der Waals surface area (Å²) in [4.78, 5) is 23.0. The largest absolute Gasteiger partial charge is 0.355 e. The van der Waals surface area contributed by atoms with Crippen molar-refractivity contribution in [3.8, 4) is 0 Å². The molecule has 126 valence electrons. The van der Waals surface area contributed by atoms with Gasteiger partial charge in [0.05, 0.1) is 12.1 Å². The van der Waals surface area contributed by atoms with Gasteiger partial charge in [-0.05, 0) is 37.0 Å². The molecule has 0 bridgehead atoms. The summed E-state index contributed by atoms with van der Waals surface area (Å²) in [5.74, 6) is 0.972. The predicted octanol–water partition coefficient (Wildman–Crippen LogP) is 2.71. The fourth-order valence-electron chi connectivity index (χ4n) is 2.98. The van der Waals surface area contributed by atoms with Gasteiger partial charge in [-0.2, -0.15) is 0 Å². The quantitative estimate of drug-likeness (QED) is 0.906. The molecule has 5 nitrogen and oxygen atoms in total. The first-order chi connectivity index (χ1) is 11.7. The van der Waals surface area contributed by atoms with Gasteiger partial charge in [0.2, 0.25) is 5.91 Å². The van der Waals surface area contributed by atoms with E-state index < -0.39 is 0 Å². The lowest BCUT2D eigenvalue weighted by Gasteiger charge is -2.32. The summed E-state index contributed by atoms with van der Waals surface area (Å²) in [7, 11) is 0. The summed E-state index contributed by atoms with van der Waals surface area (Å²) in [5, 5.41) is 3.78. The predicted molar refractivity (Wildman–Crippen MR) is 95.1 cm³/mol. The molecule has 1 aliphatic rings.